The number of rotatable bonds is 4. The van der Waals surface area contributed by atoms with Crippen molar-refractivity contribution in [1.82, 2.24) is 9.88 Å². The van der Waals surface area contributed by atoms with Gasteiger partial charge in [-0.1, -0.05) is 38.5 Å². The molecule has 2 heterocycles. The molecule has 7 heteroatoms. The highest BCUT2D eigenvalue weighted by Crippen LogP contribution is 2.28. The lowest BCUT2D eigenvalue weighted by Gasteiger charge is -2.32. The van der Waals surface area contributed by atoms with Crippen LogP contribution in [0.4, 0.5) is 5.69 Å². The van der Waals surface area contributed by atoms with Crippen molar-refractivity contribution in [2.24, 2.45) is 5.92 Å². The highest BCUT2D eigenvalue weighted by molar-refractivity contribution is 6.02. The summed E-state index contributed by atoms with van der Waals surface area (Å²) in [4.78, 5) is 41.2. The van der Waals surface area contributed by atoms with Gasteiger partial charge in [0.2, 0.25) is 5.91 Å². The molecule has 0 aliphatic carbocycles. The fourth-order valence-corrected chi connectivity index (χ4v) is 3.20. The fraction of sp³-hybridized carbons (Fsp3) is 0.316. The third-order valence-corrected chi connectivity index (χ3v) is 4.81. The number of carboxylic acids is 1. The SMILES string of the molecule is CC[C@H](C)[C@H]1C(=O)Nc2ccccc2CN1C(=O)c1ccc(C(=O)O)[nH]1. The zero-order valence-corrected chi connectivity index (χ0v) is 14.7. The van der Waals surface area contributed by atoms with Gasteiger partial charge in [0.1, 0.15) is 17.4 Å². The lowest BCUT2D eigenvalue weighted by molar-refractivity contribution is -0.122. The average Bonchev–Trinajstić information content (AvgIpc) is 3.06. The summed E-state index contributed by atoms with van der Waals surface area (Å²) in [5.74, 6) is -1.82. The van der Waals surface area contributed by atoms with E-state index < -0.39 is 17.9 Å². The van der Waals surface area contributed by atoms with E-state index in [4.69, 9.17) is 5.11 Å². The van der Waals surface area contributed by atoms with Crippen molar-refractivity contribution in [3.8, 4) is 0 Å². The molecule has 0 saturated heterocycles. The number of aromatic nitrogens is 1. The number of nitrogens with zero attached hydrogens (tertiary/aromatic N) is 1. The van der Waals surface area contributed by atoms with E-state index in [1.54, 1.807) is 0 Å². The first-order chi connectivity index (χ1) is 12.4. The minimum absolute atomic E-state index is 0.0535. The summed E-state index contributed by atoms with van der Waals surface area (Å²) >= 11 is 0. The van der Waals surface area contributed by atoms with Gasteiger partial charge in [0.15, 0.2) is 0 Å². The molecule has 2 atom stereocenters. The van der Waals surface area contributed by atoms with E-state index in [2.05, 4.69) is 10.3 Å². The van der Waals surface area contributed by atoms with Gasteiger partial charge < -0.3 is 20.3 Å². The Labute approximate surface area is 151 Å². The van der Waals surface area contributed by atoms with E-state index >= 15 is 0 Å². The number of amides is 2. The summed E-state index contributed by atoms with van der Waals surface area (Å²) in [6, 6.07) is 9.51. The highest BCUT2D eigenvalue weighted by atomic mass is 16.4. The summed E-state index contributed by atoms with van der Waals surface area (Å²) in [6.45, 7) is 4.16. The number of anilines is 1. The van der Waals surface area contributed by atoms with Crippen molar-refractivity contribution in [2.45, 2.75) is 32.9 Å². The normalized spacial score (nSPS) is 17.8. The summed E-state index contributed by atoms with van der Waals surface area (Å²) in [5.41, 5.74) is 1.62. The Kier molecular flexibility index (Phi) is 4.79. The number of fused-ring (bicyclic) bond motifs is 1. The van der Waals surface area contributed by atoms with E-state index in [1.165, 1.54) is 17.0 Å². The Morgan fingerprint density at radius 3 is 2.58 bits per heavy atom. The monoisotopic (exact) mass is 355 g/mol. The molecule has 2 amide bonds. The zero-order chi connectivity index (χ0) is 18.8. The van der Waals surface area contributed by atoms with E-state index in [-0.39, 0.29) is 29.8 Å². The number of hydrogen-bond acceptors (Lipinski definition) is 3. The lowest BCUT2D eigenvalue weighted by Crippen LogP contribution is -2.49. The fourth-order valence-electron chi connectivity index (χ4n) is 3.20. The molecule has 0 fully saturated rings. The molecule has 26 heavy (non-hydrogen) atoms. The first kappa shape index (κ1) is 17.7. The highest BCUT2D eigenvalue weighted by Gasteiger charge is 2.37. The summed E-state index contributed by atoms with van der Waals surface area (Å²) in [5, 5.41) is 12.0. The standard InChI is InChI=1S/C19H21N3O4/c1-3-11(2)16-17(23)21-13-7-5-4-6-12(13)10-22(16)18(24)14-8-9-15(20-14)19(25)26/h4-9,11,16,20H,3,10H2,1-2H3,(H,21,23)(H,25,26)/t11-,16-/m0/s1. The molecule has 0 spiro atoms. The Morgan fingerprint density at radius 2 is 1.92 bits per heavy atom. The van der Waals surface area contributed by atoms with E-state index in [0.29, 0.717) is 5.69 Å². The van der Waals surface area contributed by atoms with Crippen molar-refractivity contribution < 1.29 is 19.5 Å². The van der Waals surface area contributed by atoms with Gasteiger partial charge in [-0.15, -0.1) is 0 Å². The van der Waals surface area contributed by atoms with Gasteiger partial charge in [0.05, 0.1) is 0 Å². The van der Waals surface area contributed by atoms with Crippen LogP contribution in [0.3, 0.4) is 0 Å². The molecular formula is C19H21N3O4. The molecular weight excluding hydrogens is 334 g/mol. The van der Waals surface area contributed by atoms with Crippen molar-refractivity contribution in [2.75, 3.05) is 5.32 Å². The first-order valence-corrected chi connectivity index (χ1v) is 8.54. The predicted molar refractivity (Wildman–Crippen MR) is 95.9 cm³/mol. The lowest BCUT2D eigenvalue weighted by atomic mass is 9.96. The van der Waals surface area contributed by atoms with Crippen LogP contribution in [0.5, 0.6) is 0 Å². The number of aromatic amines is 1. The van der Waals surface area contributed by atoms with Gasteiger partial charge in [-0.2, -0.15) is 0 Å². The van der Waals surface area contributed by atoms with Crippen LogP contribution >= 0.6 is 0 Å². The number of hydrogen-bond donors (Lipinski definition) is 3. The van der Waals surface area contributed by atoms with Gasteiger partial charge in [-0.05, 0) is 29.7 Å². The third-order valence-electron chi connectivity index (χ3n) is 4.81. The topological polar surface area (TPSA) is 102 Å². The molecule has 0 bridgehead atoms. The maximum absolute atomic E-state index is 13.1. The van der Waals surface area contributed by atoms with Gasteiger partial charge in [-0.25, -0.2) is 4.79 Å². The molecule has 3 N–H and O–H groups in total. The van der Waals surface area contributed by atoms with Crippen molar-refractivity contribution in [3.63, 3.8) is 0 Å². The first-order valence-electron chi connectivity index (χ1n) is 8.54. The minimum atomic E-state index is -1.14. The molecule has 136 valence electrons. The summed E-state index contributed by atoms with van der Waals surface area (Å²) < 4.78 is 0. The number of benzene rings is 1. The van der Waals surface area contributed by atoms with Gasteiger partial charge >= 0.3 is 5.97 Å². The second kappa shape index (κ2) is 7.03. The van der Waals surface area contributed by atoms with Gasteiger partial charge in [0, 0.05) is 12.2 Å². The Bertz CT molecular complexity index is 858. The average molecular weight is 355 g/mol. The van der Waals surface area contributed by atoms with E-state index in [1.807, 2.05) is 38.1 Å². The number of carboxylic acid groups (broad SMARTS) is 1. The Morgan fingerprint density at radius 1 is 1.23 bits per heavy atom. The molecule has 1 aromatic carbocycles. The van der Waals surface area contributed by atoms with Gasteiger partial charge in [-0.3, -0.25) is 9.59 Å². The molecule has 1 aromatic heterocycles. The number of aromatic carboxylic acids is 1. The van der Waals surface area contributed by atoms with Crippen LogP contribution in [0.25, 0.3) is 0 Å². The van der Waals surface area contributed by atoms with E-state index in [9.17, 15) is 14.4 Å². The van der Waals surface area contributed by atoms with Crippen LogP contribution in [-0.2, 0) is 11.3 Å². The maximum Gasteiger partial charge on any atom is 0.352 e. The summed E-state index contributed by atoms with van der Waals surface area (Å²) in [6.07, 6.45) is 0.726. The van der Waals surface area contributed by atoms with Crippen molar-refractivity contribution in [1.29, 1.82) is 0 Å². The zero-order valence-electron chi connectivity index (χ0n) is 14.7. The second-order valence-electron chi connectivity index (χ2n) is 6.50. The minimum Gasteiger partial charge on any atom is -0.477 e. The van der Waals surface area contributed by atoms with Gasteiger partial charge in [0.25, 0.3) is 5.91 Å². The largest absolute Gasteiger partial charge is 0.477 e. The van der Waals surface area contributed by atoms with Crippen LogP contribution in [0.2, 0.25) is 0 Å². The molecule has 0 saturated carbocycles. The molecule has 2 aromatic rings. The number of H-pyrrole nitrogens is 1. The smallest absolute Gasteiger partial charge is 0.352 e. The Hall–Kier alpha value is -3.09. The van der Waals surface area contributed by atoms with Crippen LogP contribution < -0.4 is 5.32 Å². The molecule has 0 radical (unpaired) electrons. The number of para-hydroxylation sites is 1. The molecule has 7 nitrogen and oxygen atoms in total. The van der Waals surface area contributed by atoms with Crippen LogP contribution in [0.15, 0.2) is 36.4 Å². The number of carbonyl (C=O) groups is 3. The summed E-state index contributed by atoms with van der Waals surface area (Å²) in [7, 11) is 0. The second-order valence-corrected chi connectivity index (χ2v) is 6.50. The quantitative estimate of drug-likeness (QED) is 0.784. The van der Waals surface area contributed by atoms with Crippen LogP contribution in [-0.4, -0.2) is 38.8 Å². The molecule has 1 aliphatic rings. The van der Waals surface area contributed by atoms with Crippen LogP contribution in [0, 0.1) is 5.92 Å². The number of nitrogens with one attached hydrogen (secondary N) is 2. The van der Waals surface area contributed by atoms with Crippen LogP contribution in [0.1, 0.15) is 46.8 Å². The van der Waals surface area contributed by atoms with E-state index in [0.717, 1.165) is 12.0 Å². The van der Waals surface area contributed by atoms with Crippen molar-refractivity contribution in [3.05, 3.63) is 53.3 Å². The Balaban J connectivity index is 2.02. The van der Waals surface area contributed by atoms with Crippen molar-refractivity contribution >= 4 is 23.5 Å². The third kappa shape index (κ3) is 3.20. The molecule has 3 rings (SSSR count). The molecule has 1 aliphatic heterocycles. The number of carbonyl (C=O) groups excluding carboxylic acids is 2. The predicted octanol–water partition coefficient (Wildman–Crippen LogP) is 2.72. The maximum atomic E-state index is 13.1. The molecule has 0 unspecified atom stereocenters.